The van der Waals surface area contributed by atoms with Crippen LogP contribution in [0.4, 0.5) is 5.69 Å². The largest absolute Gasteiger partial charge is 0.465 e. The van der Waals surface area contributed by atoms with Crippen LogP contribution in [0.2, 0.25) is 0 Å². The van der Waals surface area contributed by atoms with E-state index >= 15 is 0 Å². The second kappa shape index (κ2) is 4.58. The van der Waals surface area contributed by atoms with Crippen molar-refractivity contribution in [3.63, 3.8) is 0 Å². The van der Waals surface area contributed by atoms with E-state index in [1.807, 2.05) is 0 Å². The number of carbonyl (C=O) groups is 1. The van der Waals surface area contributed by atoms with Gasteiger partial charge in [0.1, 0.15) is 0 Å². The second-order valence-electron chi connectivity index (χ2n) is 2.39. The monoisotopic (exact) mass is 317 g/mol. The summed E-state index contributed by atoms with van der Waals surface area (Å²) >= 11 is 6.47. The Labute approximate surface area is 98.1 Å². The van der Waals surface area contributed by atoms with Gasteiger partial charge in [-0.15, -0.1) is 0 Å². The number of ether oxygens (including phenoxy) is 1. The van der Waals surface area contributed by atoms with E-state index in [0.717, 1.165) is 0 Å². The fourth-order valence-electron chi connectivity index (χ4n) is 0.898. The number of nitrogens with zero attached hydrogens (tertiary/aromatic N) is 1. The van der Waals surface area contributed by atoms with Crippen molar-refractivity contribution in [2.45, 2.75) is 0 Å². The zero-order chi connectivity index (χ0) is 10.7. The molecule has 5 heteroatoms. The number of hydrogen-bond acceptors (Lipinski definition) is 2. The van der Waals surface area contributed by atoms with Gasteiger partial charge in [0.2, 0.25) is 0 Å². The van der Waals surface area contributed by atoms with Gasteiger partial charge in [-0.05, 0) is 28.1 Å². The molecule has 0 aliphatic carbocycles. The molecule has 0 unspecified atom stereocenters. The Morgan fingerprint density at radius 1 is 1.50 bits per heavy atom. The molecule has 0 saturated heterocycles. The van der Waals surface area contributed by atoms with E-state index in [4.69, 9.17) is 6.57 Å². The second-order valence-corrected chi connectivity index (χ2v) is 4.04. The average Bonchev–Trinajstić information content (AvgIpc) is 2.20. The van der Waals surface area contributed by atoms with Crippen LogP contribution in [0.15, 0.2) is 21.1 Å². The number of methoxy groups -OCH3 is 1. The molecule has 0 bridgehead atoms. The summed E-state index contributed by atoms with van der Waals surface area (Å²) in [4.78, 5) is 14.5. The highest BCUT2D eigenvalue weighted by Gasteiger charge is 2.13. The lowest BCUT2D eigenvalue weighted by molar-refractivity contribution is 0.0599. The molecule has 14 heavy (non-hydrogen) atoms. The van der Waals surface area contributed by atoms with Crippen LogP contribution in [0.3, 0.4) is 0 Å². The molecule has 0 aliphatic rings. The molecule has 0 aliphatic heterocycles. The molecule has 0 atom stereocenters. The van der Waals surface area contributed by atoms with Gasteiger partial charge in [-0.1, -0.05) is 15.9 Å². The van der Waals surface area contributed by atoms with Crippen molar-refractivity contribution < 1.29 is 9.53 Å². The summed E-state index contributed by atoms with van der Waals surface area (Å²) in [5, 5.41) is 0. The molecule has 0 saturated carbocycles. The van der Waals surface area contributed by atoms with Crippen LogP contribution < -0.4 is 0 Å². The minimum atomic E-state index is -0.469. The van der Waals surface area contributed by atoms with E-state index in [1.165, 1.54) is 13.2 Å². The summed E-state index contributed by atoms with van der Waals surface area (Å²) in [5.41, 5.74) is 0.730. The minimum absolute atomic E-state index is 0.341. The van der Waals surface area contributed by atoms with Crippen molar-refractivity contribution in [3.8, 4) is 0 Å². The Morgan fingerprint density at radius 2 is 2.14 bits per heavy atom. The Kier molecular flexibility index (Phi) is 3.67. The molecule has 1 aromatic carbocycles. The molecule has 0 fully saturated rings. The fourth-order valence-corrected chi connectivity index (χ4v) is 1.74. The molecular formula is C9H5Br2NO2. The predicted octanol–water partition coefficient (Wildman–Crippen LogP) is 3.55. The SMILES string of the molecule is [C-]#[N+]c1cc(Br)c(Br)c(C(=O)OC)c1. The van der Waals surface area contributed by atoms with Crippen LogP contribution in [0.5, 0.6) is 0 Å². The highest BCUT2D eigenvalue weighted by molar-refractivity contribution is 9.13. The Balaban J connectivity index is 3.36. The van der Waals surface area contributed by atoms with Crippen molar-refractivity contribution in [1.82, 2.24) is 0 Å². The normalized spacial score (nSPS) is 9.29. The van der Waals surface area contributed by atoms with E-state index in [-0.39, 0.29) is 0 Å². The lowest BCUT2D eigenvalue weighted by atomic mass is 10.2. The molecule has 3 nitrogen and oxygen atoms in total. The summed E-state index contributed by atoms with van der Waals surface area (Å²) in [7, 11) is 1.30. The maximum absolute atomic E-state index is 11.3. The van der Waals surface area contributed by atoms with E-state index in [1.54, 1.807) is 6.07 Å². The van der Waals surface area contributed by atoms with Gasteiger partial charge in [0.25, 0.3) is 0 Å². The van der Waals surface area contributed by atoms with Crippen molar-refractivity contribution in [3.05, 3.63) is 38.1 Å². The maximum atomic E-state index is 11.3. The van der Waals surface area contributed by atoms with Crippen molar-refractivity contribution in [1.29, 1.82) is 0 Å². The standard InChI is InChI=1S/C9H5Br2NO2/c1-12-5-3-6(9(13)14-2)8(11)7(10)4-5/h3-4H,2H3. The van der Waals surface area contributed by atoms with Gasteiger partial charge in [0, 0.05) is 8.95 Å². The van der Waals surface area contributed by atoms with Gasteiger partial charge in [0.05, 0.1) is 19.2 Å². The summed E-state index contributed by atoms with van der Waals surface area (Å²) in [6.45, 7) is 6.84. The van der Waals surface area contributed by atoms with Gasteiger partial charge in [0.15, 0.2) is 5.69 Å². The number of halogens is 2. The first-order valence-electron chi connectivity index (χ1n) is 3.55. The van der Waals surface area contributed by atoms with Crippen LogP contribution in [0, 0.1) is 6.57 Å². The first-order chi connectivity index (χ1) is 6.60. The van der Waals surface area contributed by atoms with Gasteiger partial charge in [-0.25, -0.2) is 9.64 Å². The number of rotatable bonds is 1. The number of esters is 1. The molecule has 0 aromatic heterocycles. The molecule has 0 spiro atoms. The smallest absolute Gasteiger partial charge is 0.337 e. The molecule has 72 valence electrons. The Morgan fingerprint density at radius 3 is 2.64 bits per heavy atom. The summed E-state index contributed by atoms with van der Waals surface area (Å²) in [6, 6.07) is 3.11. The highest BCUT2D eigenvalue weighted by atomic mass is 79.9. The van der Waals surface area contributed by atoms with Crippen LogP contribution in [-0.2, 0) is 4.74 Å². The van der Waals surface area contributed by atoms with E-state index in [0.29, 0.717) is 20.2 Å². The van der Waals surface area contributed by atoms with E-state index in [2.05, 4.69) is 41.4 Å². The highest BCUT2D eigenvalue weighted by Crippen LogP contribution is 2.32. The van der Waals surface area contributed by atoms with Crippen molar-refractivity contribution in [2.75, 3.05) is 7.11 Å². The first kappa shape index (κ1) is 11.2. The zero-order valence-electron chi connectivity index (χ0n) is 7.17. The lowest BCUT2D eigenvalue weighted by Gasteiger charge is -2.04. The maximum Gasteiger partial charge on any atom is 0.337 e. The number of hydrogen-bond donors (Lipinski definition) is 0. The van der Waals surface area contributed by atoms with E-state index in [9.17, 15) is 4.79 Å². The molecule has 0 amide bonds. The molecule has 0 N–H and O–H groups in total. The third-order valence-electron chi connectivity index (χ3n) is 1.55. The fraction of sp³-hybridized carbons (Fsp3) is 0.111. The Bertz CT molecular complexity index is 424. The van der Waals surface area contributed by atoms with Gasteiger partial charge in [-0.2, -0.15) is 0 Å². The van der Waals surface area contributed by atoms with Crippen molar-refractivity contribution in [2.24, 2.45) is 0 Å². The number of carbonyl (C=O) groups excluding carboxylic acids is 1. The van der Waals surface area contributed by atoms with Crippen LogP contribution in [-0.4, -0.2) is 13.1 Å². The molecule has 0 radical (unpaired) electrons. The quantitative estimate of drug-likeness (QED) is 0.585. The average molecular weight is 319 g/mol. The molecule has 1 aromatic rings. The van der Waals surface area contributed by atoms with Gasteiger partial charge in [-0.3, -0.25) is 0 Å². The molecule has 0 heterocycles. The van der Waals surface area contributed by atoms with E-state index < -0.39 is 5.97 Å². The third kappa shape index (κ3) is 2.14. The molecular weight excluding hydrogens is 314 g/mol. The minimum Gasteiger partial charge on any atom is -0.465 e. The van der Waals surface area contributed by atoms with Crippen LogP contribution in [0.1, 0.15) is 10.4 Å². The topological polar surface area (TPSA) is 30.7 Å². The van der Waals surface area contributed by atoms with Gasteiger partial charge >= 0.3 is 5.97 Å². The third-order valence-corrected chi connectivity index (χ3v) is 3.56. The first-order valence-corrected chi connectivity index (χ1v) is 5.13. The zero-order valence-corrected chi connectivity index (χ0v) is 10.3. The Hall–Kier alpha value is -0.860. The van der Waals surface area contributed by atoms with Crippen LogP contribution in [0.25, 0.3) is 4.85 Å². The summed E-state index contributed by atoms with van der Waals surface area (Å²) in [6.07, 6.45) is 0. The predicted molar refractivity (Wildman–Crippen MR) is 59.4 cm³/mol. The van der Waals surface area contributed by atoms with Crippen LogP contribution >= 0.6 is 31.9 Å². The van der Waals surface area contributed by atoms with Crippen molar-refractivity contribution >= 4 is 43.5 Å². The van der Waals surface area contributed by atoms with Gasteiger partial charge < -0.3 is 4.74 Å². The molecule has 1 rings (SSSR count). The summed E-state index contributed by atoms with van der Waals surface area (Å²) < 4.78 is 5.83. The summed E-state index contributed by atoms with van der Waals surface area (Å²) in [5.74, 6) is -0.469. The lowest BCUT2D eigenvalue weighted by Crippen LogP contribution is -2.02. The number of benzene rings is 1.